The van der Waals surface area contributed by atoms with Gasteiger partial charge in [-0.05, 0) is 20.8 Å². The van der Waals surface area contributed by atoms with Gasteiger partial charge >= 0.3 is 5.97 Å². The molecule has 0 aromatic heterocycles. The highest BCUT2D eigenvalue weighted by Gasteiger charge is 2.32. The van der Waals surface area contributed by atoms with Crippen LogP contribution in [0.1, 0.15) is 20.8 Å². The SMILES string of the molecule is CC=CC(=O)OC1=C(C)OC(C)C1=O. The lowest BCUT2D eigenvalue weighted by Gasteiger charge is -1.99. The molecule has 1 rings (SSSR count). The molecule has 1 heterocycles. The van der Waals surface area contributed by atoms with Crippen molar-refractivity contribution in [2.45, 2.75) is 26.9 Å². The lowest BCUT2D eigenvalue weighted by atomic mass is 10.2. The van der Waals surface area contributed by atoms with Crippen molar-refractivity contribution in [2.75, 3.05) is 0 Å². The van der Waals surface area contributed by atoms with Gasteiger partial charge in [-0.1, -0.05) is 6.08 Å². The van der Waals surface area contributed by atoms with Crippen molar-refractivity contribution in [1.29, 1.82) is 0 Å². The molecular weight excluding hydrogens is 184 g/mol. The van der Waals surface area contributed by atoms with E-state index >= 15 is 0 Å². The summed E-state index contributed by atoms with van der Waals surface area (Å²) in [4.78, 5) is 22.4. The highest BCUT2D eigenvalue weighted by molar-refractivity contribution is 6.01. The molecule has 4 nitrogen and oxygen atoms in total. The number of esters is 1. The number of Topliss-reactive ketones (excluding diaryl/α,β-unsaturated/α-hetero) is 1. The Labute approximate surface area is 82.2 Å². The second-order valence-corrected chi connectivity index (χ2v) is 2.93. The van der Waals surface area contributed by atoms with Gasteiger partial charge in [0, 0.05) is 6.08 Å². The van der Waals surface area contributed by atoms with E-state index in [2.05, 4.69) is 0 Å². The van der Waals surface area contributed by atoms with Gasteiger partial charge in [0.25, 0.3) is 0 Å². The van der Waals surface area contributed by atoms with Crippen LogP contribution in [-0.2, 0) is 19.1 Å². The molecule has 14 heavy (non-hydrogen) atoms. The lowest BCUT2D eigenvalue weighted by Crippen LogP contribution is -2.16. The van der Waals surface area contributed by atoms with E-state index in [-0.39, 0.29) is 11.5 Å². The number of allylic oxidation sites excluding steroid dienone is 2. The minimum Gasteiger partial charge on any atom is -0.483 e. The molecule has 4 heteroatoms. The van der Waals surface area contributed by atoms with Gasteiger partial charge in [0.05, 0.1) is 0 Å². The van der Waals surface area contributed by atoms with Crippen LogP contribution in [0.25, 0.3) is 0 Å². The van der Waals surface area contributed by atoms with E-state index in [0.717, 1.165) is 0 Å². The first-order valence-electron chi connectivity index (χ1n) is 4.32. The first-order valence-corrected chi connectivity index (χ1v) is 4.32. The van der Waals surface area contributed by atoms with Crippen LogP contribution in [-0.4, -0.2) is 17.9 Å². The van der Waals surface area contributed by atoms with Crippen LogP contribution in [0.2, 0.25) is 0 Å². The van der Waals surface area contributed by atoms with Crippen molar-refractivity contribution in [3.05, 3.63) is 23.7 Å². The molecule has 0 fully saturated rings. The van der Waals surface area contributed by atoms with E-state index in [0.29, 0.717) is 5.76 Å². The number of rotatable bonds is 2. The normalized spacial score (nSPS) is 21.6. The van der Waals surface area contributed by atoms with Crippen molar-refractivity contribution in [3.8, 4) is 0 Å². The van der Waals surface area contributed by atoms with Gasteiger partial charge in [0.15, 0.2) is 6.10 Å². The Bertz CT molecular complexity index is 325. The zero-order chi connectivity index (χ0) is 10.7. The summed E-state index contributed by atoms with van der Waals surface area (Å²) in [5.41, 5.74) is 0. The van der Waals surface area contributed by atoms with Gasteiger partial charge in [0.2, 0.25) is 11.5 Å². The number of ketones is 1. The molecule has 0 aromatic rings. The molecule has 0 saturated heterocycles. The molecule has 0 bridgehead atoms. The Hall–Kier alpha value is -1.58. The predicted molar refractivity (Wildman–Crippen MR) is 49.2 cm³/mol. The topological polar surface area (TPSA) is 52.6 Å². The maximum atomic E-state index is 11.4. The van der Waals surface area contributed by atoms with E-state index in [1.807, 2.05) is 0 Å². The zero-order valence-electron chi connectivity index (χ0n) is 8.37. The van der Waals surface area contributed by atoms with Crippen LogP contribution < -0.4 is 0 Å². The molecule has 0 aromatic carbocycles. The fourth-order valence-corrected chi connectivity index (χ4v) is 1.12. The third-order valence-electron chi connectivity index (χ3n) is 1.77. The molecule has 0 amide bonds. The second-order valence-electron chi connectivity index (χ2n) is 2.93. The summed E-state index contributed by atoms with van der Waals surface area (Å²) >= 11 is 0. The zero-order valence-corrected chi connectivity index (χ0v) is 8.37. The van der Waals surface area contributed by atoms with Crippen molar-refractivity contribution in [2.24, 2.45) is 0 Å². The minimum atomic E-state index is -0.562. The minimum absolute atomic E-state index is 0.0144. The Morgan fingerprint density at radius 3 is 2.64 bits per heavy atom. The smallest absolute Gasteiger partial charge is 0.336 e. The Morgan fingerprint density at radius 1 is 1.57 bits per heavy atom. The molecule has 0 N–H and O–H groups in total. The third kappa shape index (κ3) is 2.02. The predicted octanol–water partition coefficient (Wildman–Crippen LogP) is 1.32. The summed E-state index contributed by atoms with van der Waals surface area (Å²) in [6.07, 6.45) is 2.24. The van der Waals surface area contributed by atoms with Crippen LogP contribution in [0.4, 0.5) is 0 Å². The average Bonchev–Trinajstić information content (AvgIpc) is 2.33. The highest BCUT2D eigenvalue weighted by atomic mass is 16.6. The molecular formula is C10H12O4. The van der Waals surface area contributed by atoms with Gasteiger partial charge < -0.3 is 9.47 Å². The molecule has 0 radical (unpaired) electrons. The molecule has 1 aliphatic rings. The lowest BCUT2D eigenvalue weighted by molar-refractivity contribution is -0.137. The first-order chi connectivity index (χ1) is 6.56. The monoisotopic (exact) mass is 196 g/mol. The van der Waals surface area contributed by atoms with E-state index in [1.165, 1.54) is 6.08 Å². The second kappa shape index (κ2) is 4.09. The van der Waals surface area contributed by atoms with Crippen molar-refractivity contribution < 1.29 is 19.1 Å². The van der Waals surface area contributed by atoms with Crippen molar-refractivity contribution >= 4 is 11.8 Å². The standard InChI is InChI=1S/C10H12O4/c1-4-5-8(11)14-10-7(3)13-6(2)9(10)12/h4-6H,1-3H3. The molecule has 1 unspecified atom stereocenters. The Balaban J connectivity index is 2.74. The van der Waals surface area contributed by atoms with Crippen LogP contribution in [0.3, 0.4) is 0 Å². The average molecular weight is 196 g/mol. The number of carbonyl (C=O) groups is 2. The number of hydrogen-bond donors (Lipinski definition) is 0. The van der Waals surface area contributed by atoms with Crippen LogP contribution in [0.15, 0.2) is 23.7 Å². The number of carbonyl (C=O) groups excluding carboxylic acids is 2. The van der Waals surface area contributed by atoms with Crippen LogP contribution >= 0.6 is 0 Å². The molecule has 0 spiro atoms. The van der Waals surface area contributed by atoms with Crippen molar-refractivity contribution in [1.82, 2.24) is 0 Å². The van der Waals surface area contributed by atoms with Crippen molar-refractivity contribution in [3.63, 3.8) is 0 Å². The Morgan fingerprint density at radius 2 is 2.21 bits per heavy atom. The maximum absolute atomic E-state index is 11.4. The first kappa shape index (κ1) is 10.5. The summed E-state index contributed by atoms with van der Waals surface area (Å²) in [5.74, 6) is -0.478. The van der Waals surface area contributed by atoms with Gasteiger partial charge in [-0.25, -0.2) is 4.79 Å². The van der Waals surface area contributed by atoms with Gasteiger partial charge in [-0.3, -0.25) is 4.79 Å². The Kier molecular flexibility index (Phi) is 3.06. The van der Waals surface area contributed by atoms with Gasteiger partial charge in [0.1, 0.15) is 5.76 Å². The van der Waals surface area contributed by atoms with E-state index in [4.69, 9.17) is 9.47 Å². The fourth-order valence-electron chi connectivity index (χ4n) is 1.12. The largest absolute Gasteiger partial charge is 0.483 e. The number of ether oxygens (including phenoxy) is 2. The summed E-state index contributed by atoms with van der Waals surface area (Å²) < 4.78 is 9.92. The van der Waals surface area contributed by atoms with Gasteiger partial charge in [-0.2, -0.15) is 0 Å². The maximum Gasteiger partial charge on any atom is 0.336 e. The van der Waals surface area contributed by atoms with E-state index < -0.39 is 12.1 Å². The third-order valence-corrected chi connectivity index (χ3v) is 1.77. The molecule has 1 atom stereocenters. The molecule has 0 saturated carbocycles. The van der Waals surface area contributed by atoms with E-state index in [1.54, 1.807) is 26.8 Å². The van der Waals surface area contributed by atoms with Gasteiger partial charge in [-0.15, -0.1) is 0 Å². The quantitative estimate of drug-likeness (QED) is 0.493. The summed E-state index contributed by atoms with van der Waals surface area (Å²) in [7, 11) is 0. The van der Waals surface area contributed by atoms with Crippen LogP contribution in [0, 0.1) is 0 Å². The summed E-state index contributed by atoms with van der Waals surface area (Å²) in [5, 5.41) is 0. The van der Waals surface area contributed by atoms with E-state index in [9.17, 15) is 9.59 Å². The summed E-state index contributed by atoms with van der Waals surface area (Å²) in [6, 6.07) is 0. The molecule has 0 aliphatic carbocycles. The highest BCUT2D eigenvalue weighted by Crippen LogP contribution is 2.22. The molecule has 1 aliphatic heterocycles. The summed E-state index contributed by atoms with van der Waals surface area (Å²) in [6.45, 7) is 4.90. The molecule has 76 valence electrons. The number of hydrogen-bond acceptors (Lipinski definition) is 4. The van der Waals surface area contributed by atoms with Crippen LogP contribution in [0.5, 0.6) is 0 Å². The fraction of sp³-hybridized carbons (Fsp3) is 0.400.